The minimum absolute atomic E-state index is 0.0393. The molecule has 0 spiro atoms. The van der Waals surface area contributed by atoms with Gasteiger partial charge >= 0.3 is 0 Å². The van der Waals surface area contributed by atoms with Crippen LogP contribution in [0.15, 0.2) is 57.7 Å². The second-order valence-corrected chi connectivity index (χ2v) is 4.75. The van der Waals surface area contributed by atoms with Crippen LogP contribution in [0.1, 0.15) is 0 Å². The molecule has 1 heterocycles. The van der Waals surface area contributed by atoms with Crippen molar-refractivity contribution in [2.24, 2.45) is 0 Å². The van der Waals surface area contributed by atoms with Gasteiger partial charge in [-0.05, 0) is 24.3 Å². The number of non-ortho nitro benzene ring substituents is 1. The SMILES string of the molecule is O=c1c(Cl)c(-c2ccc([N+](=O)[O-])cc2)oc2ccccc12. The van der Waals surface area contributed by atoms with Crippen LogP contribution in [-0.4, -0.2) is 4.92 Å². The number of rotatable bonds is 2. The van der Waals surface area contributed by atoms with Crippen molar-refractivity contribution in [2.75, 3.05) is 0 Å². The van der Waals surface area contributed by atoms with Crippen molar-refractivity contribution in [3.05, 3.63) is 73.9 Å². The maximum atomic E-state index is 12.2. The zero-order valence-corrected chi connectivity index (χ0v) is 11.3. The second kappa shape index (κ2) is 5.03. The number of nitrogens with zero attached hydrogens (tertiary/aromatic N) is 1. The number of nitro groups is 1. The summed E-state index contributed by atoms with van der Waals surface area (Å²) >= 11 is 6.07. The van der Waals surface area contributed by atoms with Crippen molar-refractivity contribution in [2.45, 2.75) is 0 Å². The molecule has 21 heavy (non-hydrogen) atoms. The molecule has 0 atom stereocenters. The van der Waals surface area contributed by atoms with E-state index in [2.05, 4.69) is 0 Å². The molecule has 3 aromatic rings. The number of halogens is 1. The lowest BCUT2D eigenvalue weighted by Crippen LogP contribution is -2.03. The summed E-state index contributed by atoms with van der Waals surface area (Å²) in [6.07, 6.45) is 0. The van der Waals surface area contributed by atoms with Gasteiger partial charge in [0.15, 0.2) is 5.76 Å². The molecule has 0 fully saturated rings. The molecule has 6 heteroatoms. The smallest absolute Gasteiger partial charge is 0.269 e. The van der Waals surface area contributed by atoms with Crippen molar-refractivity contribution in [1.82, 2.24) is 0 Å². The van der Waals surface area contributed by atoms with E-state index in [9.17, 15) is 14.9 Å². The number of hydrogen-bond donors (Lipinski definition) is 0. The van der Waals surface area contributed by atoms with Crippen LogP contribution in [0.5, 0.6) is 0 Å². The predicted octanol–water partition coefficient (Wildman–Crippen LogP) is 4.02. The lowest BCUT2D eigenvalue weighted by atomic mass is 10.1. The topological polar surface area (TPSA) is 73.3 Å². The molecule has 0 amide bonds. The maximum absolute atomic E-state index is 12.2. The average molecular weight is 302 g/mol. The first-order chi connectivity index (χ1) is 10.1. The lowest BCUT2D eigenvalue weighted by molar-refractivity contribution is -0.384. The van der Waals surface area contributed by atoms with E-state index in [-0.39, 0.29) is 21.9 Å². The summed E-state index contributed by atoms with van der Waals surface area (Å²) < 4.78 is 5.66. The molecule has 1 aromatic heterocycles. The third-order valence-electron chi connectivity index (χ3n) is 3.08. The maximum Gasteiger partial charge on any atom is 0.269 e. The first-order valence-electron chi connectivity index (χ1n) is 6.04. The fourth-order valence-corrected chi connectivity index (χ4v) is 2.29. The number of para-hydroxylation sites is 1. The summed E-state index contributed by atoms with van der Waals surface area (Å²) in [6.45, 7) is 0. The van der Waals surface area contributed by atoms with E-state index in [1.54, 1.807) is 24.3 Å². The molecule has 0 saturated heterocycles. The third kappa shape index (κ3) is 2.28. The summed E-state index contributed by atoms with van der Waals surface area (Å²) in [6, 6.07) is 12.4. The van der Waals surface area contributed by atoms with Crippen LogP contribution in [0.25, 0.3) is 22.3 Å². The van der Waals surface area contributed by atoms with Gasteiger partial charge in [0.2, 0.25) is 5.43 Å². The quantitative estimate of drug-likeness (QED) is 0.529. The third-order valence-corrected chi connectivity index (χ3v) is 3.43. The highest BCUT2D eigenvalue weighted by Gasteiger charge is 2.15. The highest BCUT2D eigenvalue weighted by atomic mass is 35.5. The molecule has 0 saturated carbocycles. The van der Waals surface area contributed by atoms with Gasteiger partial charge in [0.25, 0.3) is 5.69 Å². The molecule has 104 valence electrons. The Kier molecular flexibility index (Phi) is 3.19. The van der Waals surface area contributed by atoms with Gasteiger partial charge in [0, 0.05) is 17.7 Å². The minimum Gasteiger partial charge on any atom is -0.454 e. The van der Waals surface area contributed by atoms with E-state index in [0.29, 0.717) is 16.5 Å². The normalized spacial score (nSPS) is 10.7. The Hall–Kier alpha value is -2.66. The van der Waals surface area contributed by atoms with Gasteiger partial charge < -0.3 is 4.42 Å². The van der Waals surface area contributed by atoms with Gasteiger partial charge in [-0.3, -0.25) is 14.9 Å². The molecule has 0 aliphatic heterocycles. The molecule has 0 unspecified atom stereocenters. The first-order valence-corrected chi connectivity index (χ1v) is 6.42. The van der Waals surface area contributed by atoms with Crippen LogP contribution in [0.3, 0.4) is 0 Å². The van der Waals surface area contributed by atoms with Crippen molar-refractivity contribution < 1.29 is 9.34 Å². The standard InChI is InChI=1S/C15H8ClNO4/c16-13-14(18)11-3-1-2-4-12(11)21-15(13)9-5-7-10(8-6-9)17(19)20/h1-8H. The Bertz CT molecular complexity index is 900. The van der Waals surface area contributed by atoms with E-state index in [4.69, 9.17) is 16.0 Å². The van der Waals surface area contributed by atoms with E-state index < -0.39 is 4.92 Å². The minimum atomic E-state index is -0.498. The Morgan fingerprint density at radius 2 is 1.71 bits per heavy atom. The Morgan fingerprint density at radius 1 is 1.05 bits per heavy atom. The molecule has 0 radical (unpaired) electrons. The average Bonchev–Trinajstić information content (AvgIpc) is 2.51. The molecule has 0 bridgehead atoms. The summed E-state index contributed by atoms with van der Waals surface area (Å²) in [4.78, 5) is 22.3. The summed E-state index contributed by atoms with van der Waals surface area (Å²) in [5, 5.41) is 11.0. The van der Waals surface area contributed by atoms with Crippen LogP contribution in [0, 0.1) is 10.1 Å². The highest BCUT2D eigenvalue weighted by molar-refractivity contribution is 6.33. The second-order valence-electron chi connectivity index (χ2n) is 4.37. The summed E-state index contributed by atoms with van der Waals surface area (Å²) in [5.41, 5.74) is 0.554. The largest absolute Gasteiger partial charge is 0.454 e. The van der Waals surface area contributed by atoms with Crippen LogP contribution in [0.4, 0.5) is 5.69 Å². The van der Waals surface area contributed by atoms with E-state index >= 15 is 0 Å². The van der Waals surface area contributed by atoms with E-state index in [0.717, 1.165) is 0 Å². The van der Waals surface area contributed by atoms with Crippen molar-refractivity contribution in [3.8, 4) is 11.3 Å². The van der Waals surface area contributed by atoms with Crippen LogP contribution in [-0.2, 0) is 0 Å². The van der Waals surface area contributed by atoms with Crippen molar-refractivity contribution in [1.29, 1.82) is 0 Å². The van der Waals surface area contributed by atoms with E-state index in [1.165, 1.54) is 24.3 Å². The fourth-order valence-electron chi connectivity index (χ4n) is 2.04. The highest BCUT2D eigenvalue weighted by Crippen LogP contribution is 2.29. The fraction of sp³-hybridized carbons (Fsp3) is 0. The number of benzene rings is 2. The van der Waals surface area contributed by atoms with Gasteiger partial charge in [0.05, 0.1) is 10.3 Å². The number of nitro benzene ring substituents is 1. The van der Waals surface area contributed by atoms with Gasteiger partial charge in [-0.15, -0.1) is 0 Å². The van der Waals surface area contributed by atoms with Gasteiger partial charge in [-0.1, -0.05) is 23.7 Å². The molecule has 0 N–H and O–H groups in total. The van der Waals surface area contributed by atoms with Crippen LogP contribution >= 0.6 is 11.6 Å². The molecule has 2 aromatic carbocycles. The van der Waals surface area contributed by atoms with Crippen LogP contribution in [0.2, 0.25) is 5.02 Å². The van der Waals surface area contributed by atoms with Crippen LogP contribution < -0.4 is 5.43 Å². The zero-order valence-electron chi connectivity index (χ0n) is 10.6. The van der Waals surface area contributed by atoms with E-state index in [1.807, 2.05) is 0 Å². The monoisotopic (exact) mass is 301 g/mol. The Balaban J connectivity index is 2.22. The van der Waals surface area contributed by atoms with Gasteiger partial charge in [-0.2, -0.15) is 0 Å². The summed E-state index contributed by atoms with van der Waals surface area (Å²) in [5.74, 6) is 0.204. The molecule has 0 aliphatic carbocycles. The number of fused-ring (bicyclic) bond motifs is 1. The first kappa shape index (κ1) is 13.3. The van der Waals surface area contributed by atoms with Crippen molar-refractivity contribution >= 4 is 28.3 Å². The van der Waals surface area contributed by atoms with Gasteiger partial charge in [0.1, 0.15) is 10.6 Å². The lowest BCUT2D eigenvalue weighted by Gasteiger charge is -2.05. The molecular formula is C15H8ClNO4. The summed E-state index contributed by atoms with van der Waals surface area (Å²) in [7, 11) is 0. The van der Waals surface area contributed by atoms with Crippen molar-refractivity contribution in [3.63, 3.8) is 0 Å². The molecule has 3 rings (SSSR count). The zero-order chi connectivity index (χ0) is 15.0. The molecular weight excluding hydrogens is 294 g/mol. The molecule has 0 aliphatic rings. The molecule has 5 nitrogen and oxygen atoms in total. The predicted molar refractivity (Wildman–Crippen MR) is 79.6 cm³/mol. The Morgan fingerprint density at radius 3 is 2.38 bits per heavy atom. The van der Waals surface area contributed by atoms with Gasteiger partial charge in [-0.25, -0.2) is 0 Å². The Labute approximate surface area is 123 Å². The number of hydrogen-bond acceptors (Lipinski definition) is 4.